The summed E-state index contributed by atoms with van der Waals surface area (Å²) in [4.78, 5) is 0. The first-order valence-electron chi connectivity index (χ1n) is 6.15. The van der Waals surface area contributed by atoms with E-state index in [1.807, 2.05) is 0 Å². The monoisotopic (exact) mass is 262 g/mol. The second kappa shape index (κ2) is 6.27. The molecular weight excluding hydrogens is 240 g/mol. The summed E-state index contributed by atoms with van der Waals surface area (Å²) >= 11 is 0. The molecule has 0 aromatic carbocycles. The molecule has 2 rings (SSSR count). The van der Waals surface area contributed by atoms with Gasteiger partial charge in [-0.1, -0.05) is 0 Å². The number of methoxy groups -OCH3 is 4. The van der Waals surface area contributed by atoms with Gasteiger partial charge in [-0.3, -0.25) is 0 Å². The number of hydrogen-bond acceptors (Lipinski definition) is 6. The molecule has 0 aliphatic carbocycles. The zero-order valence-corrected chi connectivity index (χ0v) is 11.3. The summed E-state index contributed by atoms with van der Waals surface area (Å²) < 4.78 is 33.4. The first-order chi connectivity index (χ1) is 8.76. The van der Waals surface area contributed by atoms with Crippen LogP contribution in [0.1, 0.15) is 6.42 Å². The van der Waals surface area contributed by atoms with Crippen molar-refractivity contribution in [3.8, 4) is 0 Å². The summed E-state index contributed by atoms with van der Waals surface area (Å²) in [5.74, 6) is 0. The zero-order valence-electron chi connectivity index (χ0n) is 11.3. The molecule has 106 valence electrons. The van der Waals surface area contributed by atoms with E-state index in [1.54, 1.807) is 28.4 Å². The second-order valence-electron chi connectivity index (χ2n) is 4.50. The average molecular weight is 262 g/mol. The van der Waals surface area contributed by atoms with Crippen LogP contribution in [0.2, 0.25) is 0 Å². The smallest absolute Gasteiger partial charge is 0.186 e. The highest BCUT2D eigenvalue weighted by molar-refractivity contribution is 4.97. The maximum Gasteiger partial charge on any atom is 0.186 e. The number of fused-ring (bicyclic) bond motifs is 1. The van der Waals surface area contributed by atoms with Crippen molar-refractivity contribution in [2.45, 2.75) is 43.2 Å². The first-order valence-corrected chi connectivity index (χ1v) is 6.15. The van der Waals surface area contributed by atoms with Crippen LogP contribution in [0.15, 0.2) is 0 Å². The van der Waals surface area contributed by atoms with E-state index in [0.29, 0.717) is 6.61 Å². The molecule has 6 heteroatoms. The summed E-state index contributed by atoms with van der Waals surface area (Å²) in [5.41, 5.74) is 0. The Morgan fingerprint density at radius 3 is 2.11 bits per heavy atom. The zero-order chi connectivity index (χ0) is 13.1. The first kappa shape index (κ1) is 14.2. The van der Waals surface area contributed by atoms with Crippen LogP contribution in [0.3, 0.4) is 0 Å². The van der Waals surface area contributed by atoms with Crippen molar-refractivity contribution < 1.29 is 28.4 Å². The van der Waals surface area contributed by atoms with Crippen molar-refractivity contribution in [3.05, 3.63) is 0 Å². The van der Waals surface area contributed by atoms with Crippen LogP contribution < -0.4 is 0 Å². The Hall–Kier alpha value is -0.240. The van der Waals surface area contributed by atoms with Gasteiger partial charge in [-0.25, -0.2) is 0 Å². The summed E-state index contributed by atoms with van der Waals surface area (Å²) in [7, 11) is 6.53. The van der Waals surface area contributed by atoms with Crippen LogP contribution in [-0.2, 0) is 28.4 Å². The number of ether oxygens (including phenoxy) is 6. The summed E-state index contributed by atoms with van der Waals surface area (Å²) in [6.07, 6.45) is -0.580. The van der Waals surface area contributed by atoms with Gasteiger partial charge in [0.1, 0.15) is 24.4 Å². The molecule has 0 aromatic heterocycles. The predicted octanol–water partition coefficient (Wildman–Crippen LogP) is 0.192. The molecule has 2 aliphatic rings. The summed E-state index contributed by atoms with van der Waals surface area (Å²) in [6.45, 7) is 0.636. The van der Waals surface area contributed by atoms with Crippen LogP contribution in [0.4, 0.5) is 0 Å². The molecule has 0 amide bonds. The SMILES string of the molecule is CO[C@H]1O[C@H]2[C@@H](OCC[C@@H]2OC)[C@H](OC)[C@H]1OC. The minimum Gasteiger partial charge on any atom is -0.379 e. The average Bonchev–Trinajstić information content (AvgIpc) is 2.44. The molecule has 0 N–H and O–H groups in total. The van der Waals surface area contributed by atoms with Crippen LogP contribution in [-0.4, -0.2) is 71.9 Å². The van der Waals surface area contributed by atoms with Crippen molar-refractivity contribution in [1.29, 1.82) is 0 Å². The lowest BCUT2D eigenvalue weighted by Gasteiger charge is -2.48. The van der Waals surface area contributed by atoms with Crippen molar-refractivity contribution in [1.82, 2.24) is 0 Å². The highest BCUT2D eigenvalue weighted by atomic mass is 16.7. The fourth-order valence-corrected chi connectivity index (χ4v) is 2.77. The highest BCUT2D eigenvalue weighted by Crippen LogP contribution is 2.33. The molecular formula is C12H22O6. The van der Waals surface area contributed by atoms with Gasteiger partial charge in [-0.15, -0.1) is 0 Å². The Kier molecular flexibility index (Phi) is 4.94. The molecule has 0 spiro atoms. The summed E-state index contributed by atoms with van der Waals surface area (Å²) in [5, 5.41) is 0. The second-order valence-corrected chi connectivity index (χ2v) is 4.50. The van der Waals surface area contributed by atoms with Gasteiger partial charge < -0.3 is 28.4 Å². The van der Waals surface area contributed by atoms with Crippen molar-refractivity contribution >= 4 is 0 Å². The van der Waals surface area contributed by atoms with Gasteiger partial charge in [0.15, 0.2) is 6.29 Å². The number of rotatable bonds is 4. The van der Waals surface area contributed by atoms with Gasteiger partial charge >= 0.3 is 0 Å². The fraction of sp³-hybridized carbons (Fsp3) is 1.00. The Bertz CT molecular complexity index is 259. The van der Waals surface area contributed by atoms with E-state index in [4.69, 9.17) is 28.4 Å². The third kappa shape index (κ3) is 2.41. The van der Waals surface area contributed by atoms with E-state index in [9.17, 15) is 0 Å². The third-order valence-electron chi connectivity index (χ3n) is 3.69. The minimum absolute atomic E-state index is 0.00291. The molecule has 0 unspecified atom stereocenters. The number of hydrogen-bond donors (Lipinski definition) is 0. The van der Waals surface area contributed by atoms with Crippen molar-refractivity contribution in [2.75, 3.05) is 35.0 Å². The molecule has 0 saturated carbocycles. The van der Waals surface area contributed by atoms with Gasteiger partial charge in [0.05, 0.1) is 6.10 Å². The Morgan fingerprint density at radius 1 is 0.833 bits per heavy atom. The van der Waals surface area contributed by atoms with Gasteiger partial charge in [0.2, 0.25) is 0 Å². The van der Waals surface area contributed by atoms with E-state index in [-0.39, 0.29) is 30.5 Å². The topological polar surface area (TPSA) is 55.4 Å². The molecule has 0 bridgehead atoms. The molecule has 6 nitrogen and oxygen atoms in total. The molecule has 18 heavy (non-hydrogen) atoms. The van der Waals surface area contributed by atoms with E-state index in [2.05, 4.69) is 0 Å². The fourth-order valence-electron chi connectivity index (χ4n) is 2.77. The lowest BCUT2D eigenvalue weighted by molar-refractivity contribution is -0.331. The highest BCUT2D eigenvalue weighted by Gasteiger charge is 2.51. The predicted molar refractivity (Wildman–Crippen MR) is 62.4 cm³/mol. The molecule has 2 heterocycles. The quantitative estimate of drug-likeness (QED) is 0.721. The molecule has 0 aromatic rings. The van der Waals surface area contributed by atoms with Gasteiger partial charge in [-0.2, -0.15) is 0 Å². The van der Waals surface area contributed by atoms with E-state index in [1.165, 1.54) is 0 Å². The normalized spacial score (nSPS) is 44.7. The Labute approximate surface area is 107 Å². The van der Waals surface area contributed by atoms with Crippen molar-refractivity contribution in [3.63, 3.8) is 0 Å². The lowest BCUT2D eigenvalue weighted by Crippen LogP contribution is -2.65. The molecule has 6 atom stereocenters. The van der Waals surface area contributed by atoms with Crippen LogP contribution >= 0.6 is 0 Å². The largest absolute Gasteiger partial charge is 0.379 e. The van der Waals surface area contributed by atoms with Crippen molar-refractivity contribution in [2.24, 2.45) is 0 Å². The third-order valence-corrected chi connectivity index (χ3v) is 3.69. The van der Waals surface area contributed by atoms with Gasteiger partial charge in [0.25, 0.3) is 0 Å². The Balaban J connectivity index is 2.19. The van der Waals surface area contributed by atoms with Gasteiger partial charge in [0, 0.05) is 35.0 Å². The minimum atomic E-state index is -0.472. The van der Waals surface area contributed by atoms with Crippen LogP contribution in [0.5, 0.6) is 0 Å². The van der Waals surface area contributed by atoms with Crippen LogP contribution in [0.25, 0.3) is 0 Å². The molecule has 2 aliphatic heterocycles. The van der Waals surface area contributed by atoms with E-state index >= 15 is 0 Å². The van der Waals surface area contributed by atoms with E-state index in [0.717, 1.165) is 6.42 Å². The lowest BCUT2D eigenvalue weighted by atomic mass is 9.91. The van der Waals surface area contributed by atoms with Crippen LogP contribution in [0, 0.1) is 0 Å². The van der Waals surface area contributed by atoms with E-state index < -0.39 is 6.29 Å². The molecule has 0 radical (unpaired) electrons. The maximum atomic E-state index is 5.90. The molecule has 2 saturated heterocycles. The van der Waals surface area contributed by atoms with Gasteiger partial charge in [-0.05, 0) is 6.42 Å². The Morgan fingerprint density at radius 2 is 1.56 bits per heavy atom. The standard InChI is InChI=1S/C12H22O6/c1-13-7-5-6-17-10-8(7)18-12(16-4)11(15-3)9(10)14-2/h7-12H,5-6H2,1-4H3/t7-,8+,9-,10+,11+,12-/m0/s1. The molecule has 2 fully saturated rings. The maximum absolute atomic E-state index is 5.90. The summed E-state index contributed by atoms with van der Waals surface area (Å²) in [6, 6.07) is 0.